The van der Waals surface area contributed by atoms with Gasteiger partial charge in [-0.3, -0.25) is 9.69 Å². The summed E-state index contributed by atoms with van der Waals surface area (Å²) in [4.78, 5) is 26.9. The van der Waals surface area contributed by atoms with Crippen LogP contribution < -0.4 is 5.32 Å². The normalized spacial score (nSPS) is 17.9. The Morgan fingerprint density at radius 1 is 1.03 bits per heavy atom. The van der Waals surface area contributed by atoms with Gasteiger partial charge in [0.2, 0.25) is 0 Å². The van der Waals surface area contributed by atoms with Crippen molar-refractivity contribution in [3.05, 3.63) is 59.7 Å². The van der Waals surface area contributed by atoms with Crippen molar-refractivity contribution in [3.8, 4) is 11.1 Å². The smallest absolute Gasteiger partial charge is 0.328 e. The van der Waals surface area contributed by atoms with E-state index in [0.717, 1.165) is 56.8 Å². The molecule has 2 aromatic rings. The molecular formula is C24H28N2O4. The predicted octanol–water partition coefficient (Wildman–Crippen LogP) is 2.87. The molecule has 1 amide bonds. The third-order valence-electron chi connectivity index (χ3n) is 5.78. The molecule has 6 heteroatoms. The number of rotatable bonds is 7. The Labute approximate surface area is 177 Å². The molecule has 2 fully saturated rings. The maximum atomic E-state index is 12.6. The fourth-order valence-electron chi connectivity index (χ4n) is 3.78. The Balaban J connectivity index is 1.37. The molecule has 158 valence electrons. The lowest BCUT2D eigenvalue weighted by Gasteiger charge is -2.26. The molecule has 1 saturated heterocycles. The average molecular weight is 408 g/mol. The summed E-state index contributed by atoms with van der Waals surface area (Å²) < 4.78 is 10.2. The molecule has 2 aliphatic rings. The lowest BCUT2D eigenvalue weighted by molar-refractivity contribution is -0.143. The molecule has 2 aromatic carbocycles. The Kier molecular flexibility index (Phi) is 6.45. The lowest BCUT2D eigenvalue weighted by Crippen LogP contribution is -2.43. The first-order chi connectivity index (χ1) is 14.6. The van der Waals surface area contributed by atoms with Crippen molar-refractivity contribution in [1.29, 1.82) is 0 Å². The minimum absolute atomic E-state index is 0.191. The molecule has 1 heterocycles. The van der Waals surface area contributed by atoms with E-state index < -0.39 is 6.04 Å². The molecule has 0 radical (unpaired) electrons. The second-order valence-corrected chi connectivity index (χ2v) is 7.97. The third kappa shape index (κ3) is 5.07. The van der Waals surface area contributed by atoms with Gasteiger partial charge >= 0.3 is 5.97 Å². The number of benzene rings is 2. The molecule has 0 aromatic heterocycles. The van der Waals surface area contributed by atoms with Crippen molar-refractivity contribution in [1.82, 2.24) is 10.2 Å². The van der Waals surface area contributed by atoms with Crippen LogP contribution in [0.5, 0.6) is 0 Å². The maximum absolute atomic E-state index is 12.6. The van der Waals surface area contributed by atoms with Crippen LogP contribution in [0.4, 0.5) is 0 Å². The first kappa shape index (κ1) is 20.6. The van der Waals surface area contributed by atoms with Crippen molar-refractivity contribution in [2.24, 2.45) is 5.92 Å². The summed E-state index contributed by atoms with van der Waals surface area (Å²) in [7, 11) is 1.35. The average Bonchev–Trinajstić information content (AvgIpc) is 3.63. The zero-order valence-corrected chi connectivity index (χ0v) is 17.3. The van der Waals surface area contributed by atoms with E-state index in [1.54, 1.807) is 12.1 Å². The zero-order valence-electron chi connectivity index (χ0n) is 17.3. The van der Waals surface area contributed by atoms with Crippen molar-refractivity contribution in [3.63, 3.8) is 0 Å². The highest BCUT2D eigenvalue weighted by molar-refractivity contribution is 5.97. The van der Waals surface area contributed by atoms with E-state index in [4.69, 9.17) is 9.47 Å². The molecule has 30 heavy (non-hydrogen) atoms. The van der Waals surface area contributed by atoms with E-state index in [2.05, 4.69) is 34.5 Å². The number of hydrogen-bond acceptors (Lipinski definition) is 5. The molecule has 6 nitrogen and oxygen atoms in total. The van der Waals surface area contributed by atoms with Crippen molar-refractivity contribution in [2.75, 3.05) is 33.4 Å². The Hall–Kier alpha value is -2.70. The van der Waals surface area contributed by atoms with Crippen LogP contribution in [0.1, 0.15) is 28.8 Å². The number of carbonyl (C=O) groups is 2. The number of nitrogens with zero attached hydrogens (tertiary/aromatic N) is 1. The molecule has 1 saturated carbocycles. The molecule has 1 aliphatic heterocycles. The van der Waals surface area contributed by atoms with Gasteiger partial charge in [0, 0.05) is 25.2 Å². The summed E-state index contributed by atoms with van der Waals surface area (Å²) in [5.41, 5.74) is 3.98. The van der Waals surface area contributed by atoms with Crippen LogP contribution in [0.2, 0.25) is 0 Å². The number of ether oxygens (including phenoxy) is 2. The van der Waals surface area contributed by atoms with Gasteiger partial charge in [-0.25, -0.2) is 4.79 Å². The van der Waals surface area contributed by atoms with Crippen LogP contribution in [0, 0.1) is 5.92 Å². The second kappa shape index (κ2) is 9.41. The van der Waals surface area contributed by atoms with Gasteiger partial charge in [0.1, 0.15) is 6.04 Å². The highest BCUT2D eigenvalue weighted by Crippen LogP contribution is 2.33. The molecule has 1 aliphatic carbocycles. The molecule has 1 atom stereocenters. The van der Waals surface area contributed by atoms with Gasteiger partial charge in [-0.2, -0.15) is 0 Å². The standard InChI is InChI=1S/C24H28N2O4/c1-29-24(28)22(20-8-9-20)25-23(27)21-10-6-19(7-11-21)18-4-2-17(3-5-18)16-26-12-14-30-15-13-26/h2-7,10-11,20,22H,8-9,12-16H2,1H3,(H,25,27)/t22-/m0/s1. The van der Waals surface area contributed by atoms with Gasteiger partial charge in [-0.05, 0) is 47.6 Å². The van der Waals surface area contributed by atoms with Crippen LogP contribution in [-0.2, 0) is 20.8 Å². The number of amides is 1. The van der Waals surface area contributed by atoms with Crippen molar-refractivity contribution in [2.45, 2.75) is 25.4 Å². The molecule has 0 unspecified atom stereocenters. The highest BCUT2D eigenvalue weighted by atomic mass is 16.5. The van der Waals surface area contributed by atoms with E-state index in [1.165, 1.54) is 12.7 Å². The largest absolute Gasteiger partial charge is 0.467 e. The van der Waals surface area contributed by atoms with Gasteiger partial charge in [0.15, 0.2) is 0 Å². The molecule has 0 bridgehead atoms. The van der Waals surface area contributed by atoms with Gasteiger partial charge in [-0.15, -0.1) is 0 Å². The monoisotopic (exact) mass is 408 g/mol. The van der Waals surface area contributed by atoms with Gasteiger partial charge < -0.3 is 14.8 Å². The van der Waals surface area contributed by atoms with Crippen molar-refractivity contribution < 1.29 is 19.1 Å². The van der Waals surface area contributed by atoms with E-state index >= 15 is 0 Å². The summed E-state index contributed by atoms with van der Waals surface area (Å²) in [5.74, 6) is -0.430. The van der Waals surface area contributed by atoms with Crippen LogP contribution in [0.15, 0.2) is 48.5 Å². The fraction of sp³-hybridized carbons (Fsp3) is 0.417. The second-order valence-electron chi connectivity index (χ2n) is 7.97. The van der Waals surface area contributed by atoms with Gasteiger partial charge in [0.05, 0.1) is 20.3 Å². The van der Waals surface area contributed by atoms with Crippen LogP contribution in [0.25, 0.3) is 11.1 Å². The lowest BCUT2D eigenvalue weighted by atomic mass is 10.0. The minimum Gasteiger partial charge on any atom is -0.467 e. The Morgan fingerprint density at radius 3 is 2.20 bits per heavy atom. The van der Waals surface area contributed by atoms with E-state index in [0.29, 0.717) is 5.56 Å². The summed E-state index contributed by atoms with van der Waals surface area (Å²) in [5, 5.41) is 2.82. The molecule has 1 N–H and O–H groups in total. The third-order valence-corrected chi connectivity index (χ3v) is 5.78. The minimum atomic E-state index is -0.554. The summed E-state index contributed by atoms with van der Waals surface area (Å²) in [6.07, 6.45) is 1.89. The number of hydrogen-bond donors (Lipinski definition) is 1. The maximum Gasteiger partial charge on any atom is 0.328 e. The van der Waals surface area contributed by atoms with Gasteiger partial charge in [-0.1, -0.05) is 36.4 Å². The summed E-state index contributed by atoms with van der Waals surface area (Å²) in [6.45, 7) is 4.49. The first-order valence-corrected chi connectivity index (χ1v) is 10.5. The van der Waals surface area contributed by atoms with Crippen LogP contribution >= 0.6 is 0 Å². The van der Waals surface area contributed by atoms with Crippen molar-refractivity contribution >= 4 is 11.9 Å². The number of carbonyl (C=O) groups excluding carboxylic acids is 2. The van der Waals surface area contributed by atoms with Gasteiger partial charge in [0.25, 0.3) is 5.91 Å². The quantitative estimate of drug-likeness (QED) is 0.714. The number of nitrogens with one attached hydrogen (secondary N) is 1. The van der Waals surface area contributed by atoms with E-state index in [9.17, 15) is 9.59 Å². The predicted molar refractivity (Wildman–Crippen MR) is 114 cm³/mol. The summed E-state index contributed by atoms with van der Waals surface area (Å²) in [6, 6.07) is 15.5. The van der Waals surface area contributed by atoms with Crippen LogP contribution in [-0.4, -0.2) is 56.2 Å². The molecule has 0 spiro atoms. The van der Waals surface area contributed by atoms with E-state index in [-0.39, 0.29) is 17.8 Å². The molecule has 4 rings (SSSR count). The topological polar surface area (TPSA) is 67.9 Å². The number of morpholine rings is 1. The highest BCUT2D eigenvalue weighted by Gasteiger charge is 2.38. The summed E-state index contributed by atoms with van der Waals surface area (Å²) >= 11 is 0. The van der Waals surface area contributed by atoms with E-state index in [1.807, 2.05) is 12.1 Å². The Morgan fingerprint density at radius 2 is 1.63 bits per heavy atom. The van der Waals surface area contributed by atoms with Crippen LogP contribution in [0.3, 0.4) is 0 Å². The number of methoxy groups -OCH3 is 1. The SMILES string of the molecule is COC(=O)[C@@H](NC(=O)c1ccc(-c2ccc(CN3CCOCC3)cc2)cc1)C1CC1. The fourth-order valence-corrected chi connectivity index (χ4v) is 3.78. The Bertz CT molecular complexity index is 869. The molecular weight excluding hydrogens is 380 g/mol. The first-order valence-electron chi connectivity index (χ1n) is 10.5. The number of esters is 1. The zero-order chi connectivity index (χ0) is 20.9.